The molecule has 0 fully saturated rings. The van der Waals surface area contributed by atoms with Crippen LogP contribution in [-0.2, 0) is 16.4 Å². The van der Waals surface area contributed by atoms with Gasteiger partial charge < -0.3 is 5.73 Å². The van der Waals surface area contributed by atoms with Crippen LogP contribution in [0, 0.1) is 6.92 Å². The summed E-state index contributed by atoms with van der Waals surface area (Å²) in [5.41, 5.74) is 7.83. The van der Waals surface area contributed by atoms with Gasteiger partial charge in [0.2, 0.25) is 0 Å². The molecule has 106 valence electrons. The average molecular weight is 291 g/mol. The molecule has 0 amide bonds. The van der Waals surface area contributed by atoms with Crippen molar-refractivity contribution < 1.29 is 8.42 Å². The van der Waals surface area contributed by atoms with E-state index in [1.807, 2.05) is 6.92 Å². The summed E-state index contributed by atoms with van der Waals surface area (Å²) in [4.78, 5) is 4.18. The first-order valence-corrected chi connectivity index (χ1v) is 7.73. The summed E-state index contributed by atoms with van der Waals surface area (Å²) in [6.07, 6.45) is 3.88. The highest BCUT2D eigenvalue weighted by molar-refractivity contribution is 7.92. The molecule has 3 N–H and O–H groups in total. The molecule has 5 nitrogen and oxygen atoms in total. The monoisotopic (exact) mass is 291 g/mol. The fraction of sp³-hybridized carbons (Fsp3) is 0.214. The molecule has 0 aliphatic rings. The van der Waals surface area contributed by atoms with Gasteiger partial charge in [0, 0.05) is 6.20 Å². The molecule has 0 aliphatic carbocycles. The number of aryl methyl sites for hydroxylation is 1. The quantitative estimate of drug-likeness (QED) is 0.878. The minimum Gasteiger partial charge on any atom is -0.330 e. The van der Waals surface area contributed by atoms with Crippen LogP contribution in [0.4, 0.5) is 5.69 Å². The number of pyridine rings is 1. The summed E-state index contributed by atoms with van der Waals surface area (Å²) < 4.78 is 26.9. The Morgan fingerprint density at radius 1 is 1.20 bits per heavy atom. The predicted molar refractivity (Wildman–Crippen MR) is 79.0 cm³/mol. The van der Waals surface area contributed by atoms with Crippen molar-refractivity contribution in [1.29, 1.82) is 0 Å². The summed E-state index contributed by atoms with van der Waals surface area (Å²) >= 11 is 0. The molecule has 0 bridgehead atoms. The van der Waals surface area contributed by atoms with Gasteiger partial charge in [0.1, 0.15) is 0 Å². The molecule has 1 heterocycles. The first-order valence-electron chi connectivity index (χ1n) is 6.25. The second-order valence-electron chi connectivity index (χ2n) is 4.54. The maximum Gasteiger partial charge on any atom is 0.261 e. The van der Waals surface area contributed by atoms with Gasteiger partial charge in [0.15, 0.2) is 0 Å². The molecule has 0 spiro atoms. The van der Waals surface area contributed by atoms with Crippen LogP contribution < -0.4 is 10.5 Å². The number of nitrogens with one attached hydrogen (secondary N) is 1. The zero-order chi connectivity index (χ0) is 14.6. The van der Waals surface area contributed by atoms with E-state index >= 15 is 0 Å². The third-order valence-corrected chi connectivity index (χ3v) is 4.19. The Kier molecular flexibility index (Phi) is 4.36. The van der Waals surface area contributed by atoms with Crippen LogP contribution in [0.3, 0.4) is 0 Å². The minimum atomic E-state index is -3.58. The molecule has 1 aromatic heterocycles. The fourth-order valence-electron chi connectivity index (χ4n) is 1.83. The van der Waals surface area contributed by atoms with Crippen molar-refractivity contribution in [2.75, 3.05) is 11.3 Å². The first kappa shape index (κ1) is 14.5. The van der Waals surface area contributed by atoms with Crippen LogP contribution in [0.25, 0.3) is 0 Å². The number of benzene rings is 1. The second kappa shape index (κ2) is 6.02. The number of aromatic nitrogens is 1. The summed E-state index contributed by atoms with van der Waals surface area (Å²) in [6, 6.07) is 8.44. The Bertz CT molecular complexity index is 682. The zero-order valence-corrected chi connectivity index (χ0v) is 12.0. The van der Waals surface area contributed by atoms with Gasteiger partial charge in [0.25, 0.3) is 10.0 Å². The van der Waals surface area contributed by atoms with E-state index in [0.717, 1.165) is 17.5 Å². The highest BCUT2D eigenvalue weighted by Crippen LogP contribution is 2.16. The maximum absolute atomic E-state index is 12.2. The molecule has 0 atom stereocenters. The standard InChI is InChI=1S/C14H17N3O2S/c1-11-8-13(10-16-9-11)17-20(18,19)14-4-2-12(3-5-14)6-7-15/h2-5,8-10,17H,6-7,15H2,1H3. The maximum atomic E-state index is 12.2. The van der Waals surface area contributed by atoms with Crippen molar-refractivity contribution in [3.63, 3.8) is 0 Å². The summed E-state index contributed by atoms with van der Waals surface area (Å²) in [6.45, 7) is 2.39. The van der Waals surface area contributed by atoms with Gasteiger partial charge in [-0.3, -0.25) is 9.71 Å². The van der Waals surface area contributed by atoms with E-state index < -0.39 is 10.0 Å². The Morgan fingerprint density at radius 2 is 1.90 bits per heavy atom. The van der Waals surface area contributed by atoms with Gasteiger partial charge >= 0.3 is 0 Å². The summed E-state index contributed by atoms with van der Waals surface area (Å²) in [7, 11) is -3.58. The van der Waals surface area contributed by atoms with Gasteiger partial charge in [0.05, 0.1) is 16.8 Å². The highest BCUT2D eigenvalue weighted by Gasteiger charge is 2.14. The number of rotatable bonds is 5. The second-order valence-corrected chi connectivity index (χ2v) is 6.22. The Labute approximate surface area is 118 Å². The molecule has 0 aliphatic heterocycles. The minimum absolute atomic E-state index is 0.222. The Hall–Kier alpha value is -1.92. The van der Waals surface area contributed by atoms with Crippen molar-refractivity contribution in [2.24, 2.45) is 5.73 Å². The van der Waals surface area contributed by atoms with E-state index in [0.29, 0.717) is 12.2 Å². The number of nitrogens with zero attached hydrogens (tertiary/aromatic N) is 1. The normalized spacial score (nSPS) is 11.3. The predicted octanol–water partition coefficient (Wildman–Crippen LogP) is 1.69. The highest BCUT2D eigenvalue weighted by atomic mass is 32.2. The average Bonchev–Trinajstić information content (AvgIpc) is 2.39. The summed E-state index contributed by atoms with van der Waals surface area (Å²) in [5.74, 6) is 0. The number of nitrogens with two attached hydrogens (primary N) is 1. The van der Waals surface area contributed by atoms with Crippen LogP contribution in [0.1, 0.15) is 11.1 Å². The molecular formula is C14H17N3O2S. The van der Waals surface area contributed by atoms with Crippen molar-refractivity contribution in [3.8, 4) is 0 Å². The first-order chi connectivity index (χ1) is 9.51. The molecule has 0 radical (unpaired) electrons. The number of hydrogen-bond donors (Lipinski definition) is 2. The number of anilines is 1. The SMILES string of the molecule is Cc1cncc(NS(=O)(=O)c2ccc(CCN)cc2)c1. The van der Waals surface area contributed by atoms with Gasteiger partial charge in [-0.2, -0.15) is 0 Å². The van der Waals surface area contributed by atoms with Crippen LogP contribution >= 0.6 is 0 Å². The van der Waals surface area contributed by atoms with Gasteiger partial charge in [-0.05, 0) is 49.2 Å². The van der Waals surface area contributed by atoms with Crippen molar-refractivity contribution in [3.05, 3.63) is 53.9 Å². The topological polar surface area (TPSA) is 85.1 Å². The lowest BCUT2D eigenvalue weighted by molar-refractivity contribution is 0.601. The van der Waals surface area contributed by atoms with E-state index in [4.69, 9.17) is 5.73 Å². The molecule has 1 aromatic carbocycles. The number of sulfonamides is 1. The Balaban J connectivity index is 2.21. The largest absolute Gasteiger partial charge is 0.330 e. The van der Waals surface area contributed by atoms with Gasteiger partial charge in [-0.25, -0.2) is 8.42 Å². The Morgan fingerprint density at radius 3 is 2.50 bits per heavy atom. The molecule has 20 heavy (non-hydrogen) atoms. The lowest BCUT2D eigenvalue weighted by atomic mass is 10.2. The third kappa shape index (κ3) is 3.55. The molecule has 0 unspecified atom stereocenters. The van der Waals surface area contributed by atoms with Crippen LogP contribution in [0.5, 0.6) is 0 Å². The molecule has 6 heteroatoms. The molecular weight excluding hydrogens is 274 g/mol. The lowest BCUT2D eigenvalue weighted by Crippen LogP contribution is -2.13. The van der Waals surface area contributed by atoms with E-state index in [-0.39, 0.29) is 4.90 Å². The fourth-order valence-corrected chi connectivity index (χ4v) is 2.86. The summed E-state index contributed by atoms with van der Waals surface area (Å²) in [5, 5.41) is 0. The van der Waals surface area contributed by atoms with Gasteiger partial charge in [-0.15, -0.1) is 0 Å². The smallest absolute Gasteiger partial charge is 0.261 e. The van der Waals surface area contributed by atoms with Crippen molar-refractivity contribution in [2.45, 2.75) is 18.2 Å². The van der Waals surface area contributed by atoms with Crippen LogP contribution in [-0.4, -0.2) is 19.9 Å². The van der Waals surface area contributed by atoms with Gasteiger partial charge in [-0.1, -0.05) is 12.1 Å². The van der Waals surface area contributed by atoms with Crippen LogP contribution in [0.15, 0.2) is 47.6 Å². The van der Waals surface area contributed by atoms with E-state index in [1.54, 1.807) is 36.5 Å². The van der Waals surface area contributed by atoms with Crippen LogP contribution in [0.2, 0.25) is 0 Å². The van der Waals surface area contributed by atoms with E-state index in [9.17, 15) is 8.42 Å². The number of hydrogen-bond acceptors (Lipinski definition) is 4. The lowest BCUT2D eigenvalue weighted by Gasteiger charge is -2.09. The van der Waals surface area contributed by atoms with E-state index in [1.165, 1.54) is 6.20 Å². The van der Waals surface area contributed by atoms with E-state index in [2.05, 4.69) is 9.71 Å². The molecule has 2 aromatic rings. The zero-order valence-electron chi connectivity index (χ0n) is 11.2. The molecule has 2 rings (SSSR count). The molecule has 0 saturated heterocycles. The third-order valence-electron chi connectivity index (χ3n) is 2.79. The molecule has 0 saturated carbocycles. The van der Waals surface area contributed by atoms with Crippen molar-refractivity contribution in [1.82, 2.24) is 4.98 Å². The van der Waals surface area contributed by atoms with Crippen molar-refractivity contribution >= 4 is 15.7 Å².